The van der Waals surface area contributed by atoms with Gasteiger partial charge in [0.15, 0.2) is 11.5 Å². The molecule has 4 heteroatoms. The van der Waals surface area contributed by atoms with Gasteiger partial charge in [0.2, 0.25) is 0 Å². The molecule has 0 fully saturated rings. The van der Waals surface area contributed by atoms with Crippen LogP contribution in [0.2, 0.25) is 0 Å². The summed E-state index contributed by atoms with van der Waals surface area (Å²) in [6.07, 6.45) is 0.948. The topological polar surface area (TPSA) is 56.5 Å². The van der Waals surface area contributed by atoms with Crippen molar-refractivity contribution in [2.24, 2.45) is 0 Å². The predicted octanol–water partition coefficient (Wildman–Crippen LogP) is 2.37. The Labute approximate surface area is 124 Å². The molecule has 1 heterocycles. The lowest BCUT2D eigenvalue weighted by molar-refractivity contribution is 0.171. The molecule has 0 amide bonds. The summed E-state index contributed by atoms with van der Waals surface area (Å²) in [5, 5.41) is 3.42. The highest BCUT2D eigenvalue weighted by Gasteiger charge is 2.11. The Hall–Kier alpha value is -2.20. The molecular formula is C17H20N2O2. The molecule has 0 radical (unpaired) electrons. The first kappa shape index (κ1) is 13.8. The van der Waals surface area contributed by atoms with Crippen LogP contribution in [0.4, 0.5) is 5.69 Å². The van der Waals surface area contributed by atoms with Crippen LogP contribution >= 0.6 is 0 Å². The Balaban J connectivity index is 1.50. The lowest BCUT2D eigenvalue weighted by Gasteiger charge is -2.18. The summed E-state index contributed by atoms with van der Waals surface area (Å²) in [6, 6.07) is 14.1. The maximum absolute atomic E-state index is 5.92. The Morgan fingerprint density at radius 2 is 1.81 bits per heavy atom. The van der Waals surface area contributed by atoms with Crippen molar-refractivity contribution in [3.63, 3.8) is 0 Å². The number of nitrogens with two attached hydrogens (primary N) is 1. The molecule has 0 unspecified atom stereocenters. The van der Waals surface area contributed by atoms with Crippen LogP contribution in [0.15, 0.2) is 42.5 Å². The second kappa shape index (κ2) is 6.50. The molecule has 2 aromatic carbocycles. The van der Waals surface area contributed by atoms with Crippen LogP contribution in [0, 0.1) is 0 Å². The maximum Gasteiger partial charge on any atom is 0.161 e. The highest BCUT2D eigenvalue weighted by Crippen LogP contribution is 2.30. The number of ether oxygens (including phenoxy) is 2. The van der Waals surface area contributed by atoms with Crippen molar-refractivity contribution in [1.82, 2.24) is 5.32 Å². The van der Waals surface area contributed by atoms with Gasteiger partial charge >= 0.3 is 0 Å². The minimum absolute atomic E-state index is 0.627. The van der Waals surface area contributed by atoms with Gasteiger partial charge in [0.25, 0.3) is 0 Å². The zero-order chi connectivity index (χ0) is 14.5. The third-order valence-corrected chi connectivity index (χ3v) is 3.57. The smallest absolute Gasteiger partial charge is 0.161 e. The average Bonchev–Trinajstić information content (AvgIpc) is 2.53. The van der Waals surface area contributed by atoms with Gasteiger partial charge in [-0.15, -0.1) is 0 Å². The van der Waals surface area contributed by atoms with Crippen LogP contribution in [-0.2, 0) is 13.0 Å². The van der Waals surface area contributed by atoms with Crippen LogP contribution < -0.4 is 20.5 Å². The number of nitrogens with one attached hydrogen (secondary N) is 1. The Morgan fingerprint density at radius 3 is 2.67 bits per heavy atom. The van der Waals surface area contributed by atoms with E-state index in [9.17, 15) is 0 Å². The van der Waals surface area contributed by atoms with Crippen LogP contribution in [0.3, 0.4) is 0 Å². The van der Waals surface area contributed by atoms with Crippen molar-refractivity contribution >= 4 is 5.69 Å². The van der Waals surface area contributed by atoms with Crippen LogP contribution in [-0.4, -0.2) is 19.8 Å². The van der Waals surface area contributed by atoms with E-state index in [0.29, 0.717) is 13.2 Å². The van der Waals surface area contributed by atoms with E-state index in [4.69, 9.17) is 15.2 Å². The Morgan fingerprint density at radius 1 is 1.00 bits per heavy atom. The van der Waals surface area contributed by atoms with Crippen molar-refractivity contribution in [2.45, 2.75) is 13.0 Å². The molecule has 3 N–H and O–H groups in total. The zero-order valence-corrected chi connectivity index (χ0v) is 12.0. The number of hydrogen-bond acceptors (Lipinski definition) is 4. The molecule has 110 valence electrons. The predicted molar refractivity (Wildman–Crippen MR) is 83.7 cm³/mol. The van der Waals surface area contributed by atoms with Crippen molar-refractivity contribution in [1.29, 1.82) is 0 Å². The fourth-order valence-electron chi connectivity index (χ4n) is 2.39. The maximum atomic E-state index is 5.92. The minimum atomic E-state index is 0.627. The number of hydrogen-bond donors (Lipinski definition) is 2. The molecule has 0 spiro atoms. The first-order valence-corrected chi connectivity index (χ1v) is 7.25. The third-order valence-electron chi connectivity index (χ3n) is 3.57. The SMILES string of the molecule is Nc1ccccc1CNCCc1ccc2c(c1)OCCO2. The lowest BCUT2D eigenvalue weighted by Crippen LogP contribution is -2.18. The van der Waals surface area contributed by atoms with Crippen LogP contribution in [0.1, 0.15) is 11.1 Å². The number of para-hydroxylation sites is 1. The molecule has 0 bridgehead atoms. The molecule has 2 aromatic rings. The molecule has 0 saturated heterocycles. The van der Waals surface area contributed by atoms with Gasteiger partial charge in [-0.25, -0.2) is 0 Å². The number of nitrogen functional groups attached to an aromatic ring is 1. The largest absolute Gasteiger partial charge is 0.486 e. The first-order chi connectivity index (χ1) is 10.3. The molecule has 21 heavy (non-hydrogen) atoms. The molecule has 0 saturated carbocycles. The van der Waals surface area contributed by atoms with Crippen molar-refractivity contribution in [2.75, 3.05) is 25.5 Å². The first-order valence-electron chi connectivity index (χ1n) is 7.25. The number of rotatable bonds is 5. The van der Waals surface area contributed by atoms with Gasteiger partial charge in [0.1, 0.15) is 13.2 Å². The summed E-state index contributed by atoms with van der Waals surface area (Å²) < 4.78 is 11.1. The van der Waals surface area contributed by atoms with E-state index < -0.39 is 0 Å². The average molecular weight is 284 g/mol. The molecule has 3 rings (SSSR count). The second-order valence-corrected chi connectivity index (χ2v) is 5.10. The van der Waals surface area contributed by atoms with E-state index in [1.54, 1.807) is 0 Å². The Bertz CT molecular complexity index is 613. The monoisotopic (exact) mass is 284 g/mol. The summed E-state index contributed by atoms with van der Waals surface area (Å²) in [7, 11) is 0. The van der Waals surface area contributed by atoms with Crippen LogP contribution in [0.5, 0.6) is 11.5 Å². The van der Waals surface area contributed by atoms with Gasteiger partial charge in [0, 0.05) is 12.2 Å². The van der Waals surface area contributed by atoms with Gasteiger partial charge < -0.3 is 20.5 Å². The molecular weight excluding hydrogens is 264 g/mol. The molecule has 1 aliphatic rings. The molecule has 0 aromatic heterocycles. The minimum Gasteiger partial charge on any atom is -0.486 e. The number of benzene rings is 2. The summed E-state index contributed by atoms with van der Waals surface area (Å²) in [4.78, 5) is 0. The van der Waals surface area contributed by atoms with Gasteiger partial charge in [-0.05, 0) is 42.3 Å². The van der Waals surface area contributed by atoms with Crippen molar-refractivity contribution < 1.29 is 9.47 Å². The van der Waals surface area contributed by atoms with Gasteiger partial charge in [0.05, 0.1) is 0 Å². The van der Waals surface area contributed by atoms with E-state index >= 15 is 0 Å². The highest BCUT2D eigenvalue weighted by molar-refractivity contribution is 5.46. The summed E-state index contributed by atoms with van der Waals surface area (Å²) in [5.74, 6) is 1.70. The van der Waals surface area contributed by atoms with E-state index in [1.807, 2.05) is 30.3 Å². The third kappa shape index (κ3) is 3.47. The number of fused-ring (bicyclic) bond motifs is 1. The van der Waals surface area contributed by atoms with E-state index in [-0.39, 0.29) is 0 Å². The summed E-state index contributed by atoms with van der Waals surface area (Å²) in [5.41, 5.74) is 9.14. The summed E-state index contributed by atoms with van der Waals surface area (Å²) >= 11 is 0. The zero-order valence-electron chi connectivity index (χ0n) is 12.0. The van der Waals surface area contributed by atoms with Crippen LogP contribution in [0.25, 0.3) is 0 Å². The van der Waals surface area contributed by atoms with Gasteiger partial charge in [-0.1, -0.05) is 24.3 Å². The Kier molecular flexibility index (Phi) is 4.26. The lowest BCUT2D eigenvalue weighted by atomic mass is 10.1. The fraction of sp³-hybridized carbons (Fsp3) is 0.294. The van der Waals surface area contributed by atoms with Gasteiger partial charge in [-0.3, -0.25) is 0 Å². The van der Waals surface area contributed by atoms with Gasteiger partial charge in [-0.2, -0.15) is 0 Å². The standard InChI is InChI=1S/C17H20N2O2/c18-15-4-2-1-3-14(15)12-19-8-7-13-5-6-16-17(11-13)21-10-9-20-16/h1-6,11,19H,7-10,12,18H2. The van der Waals surface area contributed by atoms with Crippen molar-refractivity contribution in [3.8, 4) is 11.5 Å². The molecule has 0 aliphatic carbocycles. The normalized spacial score (nSPS) is 13.1. The van der Waals surface area contributed by atoms with E-state index in [2.05, 4.69) is 17.4 Å². The summed E-state index contributed by atoms with van der Waals surface area (Å²) in [6.45, 7) is 2.94. The molecule has 1 aliphatic heterocycles. The fourth-order valence-corrected chi connectivity index (χ4v) is 2.39. The molecule has 0 atom stereocenters. The van der Waals surface area contributed by atoms with E-state index in [0.717, 1.165) is 42.3 Å². The second-order valence-electron chi connectivity index (χ2n) is 5.10. The quantitative estimate of drug-likeness (QED) is 0.654. The van der Waals surface area contributed by atoms with Crippen molar-refractivity contribution in [3.05, 3.63) is 53.6 Å². The highest BCUT2D eigenvalue weighted by atomic mass is 16.6. The molecule has 4 nitrogen and oxygen atoms in total. The van der Waals surface area contributed by atoms with E-state index in [1.165, 1.54) is 5.56 Å². The number of anilines is 1.